The van der Waals surface area contributed by atoms with Crippen molar-refractivity contribution in [2.75, 3.05) is 6.79 Å². The Kier molecular flexibility index (Phi) is 1.72. The number of esters is 1. The molecular formula is C4H3IO3. The van der Waals surface area contributed by atoms with Crippen LogP contribution in [-0.2, 0) is 14.3 Å². The Hall–Kier alpha value is -0.260. The number of carbonyl (C=O) groups is 1. The number of hydrogen-bond acceptors (Lipinski definition) is 3. The zero-order valence-corrected chi connectivity index (χ0v) is 6.04. The number of hydrogen-bond donors (Lipinski definition) is 0. The average Bonchev–Trinajstić information content (AvgIpc) is 1.77. The largest absolute Gasteiger partial charge is 0.464 e. The molecule has 0 aromatic rings. The van der Waals surface area contributed by atoms with Crippen molar-refractivity contribution in [1.82, 2.24) is 0 Å². The fraction of sp³-hybridized carbons (Fsp3) is 0.250. The quantitative estimate of drug-likeness (QED) is 0.452. The van der Waals surface area contributed by atoms with Gasteiger partial charge >= 0.3 is 5.97 Å². The number of rotatable bonds is 0. The van der Waals surface area contributed by atoms with Gasteiger partial charge in [0.25, 0.3) is 0 Å². The second-order valence-electron chi connectivity index (χ2n) is 1.18. The van der Waals surface area contributed by atoms with Gasteiger partial charge in [0.1, 0.15) is 9.84 Å². The predicted molar refractivity (Wildman–Crippen MR) is 34.1 cm³/mol. The lowest BCUT2D eigenvalue weighted by Crippen LogP contribution is -2.11. The summed E-state index contributed by atoms with van der Waals surface area (Å²) in [7, 11) is 0. The molecular weight excluding hydrogens is 223 g/mol. The molecule has 0 atom stereocenters. The van der Waals surface area contributed by atoms with Crippen LogP contribution in [-0.4, -0.2) is 12.8 Å². The minimum absolute atomic E-state index is 0.0470. The molecule has 0 saturated carbocycles. The van der Waals surface area contributed by atoms with Crippen molar-refractivity contribution in [3.63, 3.8) is 0 Å². The molecule has 0 aromatic heterocycles. The third-order valence-electron chi connectivity index (χ3n) is 0.640. The molecule has 1 heterocycles. The van der Waals surface area contributed by atoms with Crippen molar-refractivity contribution in [3.8, 4) is 0 Å². The minimum atomic E-state index is -0.308. The SMILES string of the molecule is O=C1OCOC=C1I. The zero-order chi connectivity index (χ0) is 5.98. The number of carbonyl (C=O) groups excluding carboxylic acids is 1. The first-order valence-electron chi connectivity index (χ1n) is 1.95. The molecule has 0 unspecified atom stereocenters. The molecule has 1 rings (SSSR count). The highest BCUT2D eigenvalue weighted by molar-refractivity contribution is 14.1. The van der Waals surface area contributed by atoms with E-state index in [1.807, 2.05) is 22.6 Å². The Bertz CT molecular complexity index is 140. The van der Waals surface area contributed by atoms with E-state index in [1.54, 1.807) is 0 Å². The molecule has 0 radical (unpaired) electrons. The Balaban J connectivity index is 2.67. The summed E-state index contributed by atoms with van der Waals surface area (Å²) in [5.74, 6) is -0.308. The van der Waals surface area contributed by atoms with Crippen LogP contribution in [0, 0.1) is 0 Å². The van der Waals surface area contributed by atoms with E-state index in [4.69, 9.17) is 0 Å². The molecule has 0 bridgehead atoms. The number of ether oxygens (including phenoxy) is 2. The van der Waals surface area contributed by atoms with E-state index in [9.17, 15) is 4.79 Å². The smallest absolute Gasteiger partial charge is 0.350 e. The number of halogens is 1. The Morgan fingerprint density at radius 2 is 2.50 bits per heavy atom. The Morgan fingerprint density at radius 3 is 2.88 bits per heavy atom. The molecule has 0 spiro atoms. The van der Waals surface area contributed by atoms with E-state index in [-0.39, 0.29) is 12.8 Å². The molecule has 4 heteroatoms. The molecule has 3 nitrogen and oxygen atoms in total. The first kappa shape index (κ1) is 5.87. The number of cyclic esters (lactones) is 1. The highest BCUT2D eigenvalue weighted by Gasteiger charge is 2.11. The highest BCUT2D eigenvalue weighted by atomic mass is 127. The van der Waals surface area contributed by atoms with Gasteiger partial charge in [0.05, 0.1) is 0 Å². The molecule has 0 saturated heterocycles. The monoisotopic (exact) mass is 226 g/mol. The van der Waals surface area contributed by atoms with Crippen molar-refractivity contribution >= 4 is 28.6 Å². The summed E-state index contributed by atoms with van der Waals surface area (Å²) in [6, 6.07) is 0. The average molecular weight is 226 g/mol. The van der Waals surface area contributed by atoms with Gasteiger partial charge in [-0.05, 0) is 22.6 Å². The van der Waals surface area contributed by atoms with Crippen molar-refractivity contribution in [2.45, 2.75) is 0 Å². The van der Waals surface area contributed by atoms with E-state index in [2.05, 4.69) is 9.47 Å². The maximum atomic E-state index is 10.4. The summed E-state index contributed by atoms with van der Waals surface area (Å²) in [5, 5.41) is 0. The van der Waals surface area contributed by atoms with Gasteiger partial charge in [0.15, 0.2) is 0 Å². The summed E-state index contributed by atoms with van der Waals surface area (Å²) >= 11 is 1.84. The second kappa shape index (κ2) is 2.34. The fourth-order valence-electron chi connectivity index (χ4n) is 0.312. The van der Waals surface area contributed by atoms with Gasteiger partial charge in [0, 0.05) is 0 Å². The van der Waals surface area contributed by atoms with Crippen molar-refractivity contribution in [1.29, 1.82) is 0 Å². The molecule has 1 aliphatic rings. The van der Waals surface area contributed by atoms with Crippen LogP contribution in [0.15, 0.2) is 9.84 Å². The summed E-state index contributed by atoms with van der Waals surface area (Å²) in [5.41, 5.74) is 0. The van der Waals surface area contributed by atoms with Gasteiger partial charge in [-0.3, -0.25) is 0 Å². The maximum Gasteiger partial charge on any atom is 0.350 e. The van der Waals surface area contributed by atoms with Crippen molar-refractivity contribution in [3.05, 3.63) is 9.84 Å². The molecule has 8 heavy (non-hydrogen) atoms. The molecule has 0 N–H and O–H groups in total. The van der Waals surface area contributed by atoms with E-state index in [0.717, 1.165) is 0 Å². The fourth-order valence-corrected chi connectivity index (χ4v) is 0.647. The van der Waals surface area contributed by atoms with Crippen LogP contribution in [0.4, 0.5) is 0 Å². The lowest BCUT2D eigenvalue weighted by Gasteiger charge is -2.07. The van der Waals surface area contributed by atoms with Crippen molar-refractivity contribution in [2.24, 2.45) is 0 Å². The Labute approximate surface area is 59.8 Å². The molecule has 44 valence electrons. The first-order valence-corrected chi connectivity index (χ1v) is 3.03. The summed E-state index contributed by atoms with van der Waals surface area (Å²) in [6.07, 6.45) is 1.38. The zero-order valence-electron chi connectivity index (χ0n) is 3.89. The lowest BCUT2D eigenvalue weighted by molar-refractivity contribution is -0.149. The van der Waals surface area contributed by atoms with E-state index >= 15 is 0 Å². The van der Waals surface area contributed by atoms with Crippen LogP contribution in [0.25, 0.3) is 0 Å². The highest BCUT2D eigenvalue weighted by Crippen LogP contribution is 2.11. The van der Waals surface area contributed by atoms with E-state index in [0.29, 0.717) is 3.58 Å². The van der Waals surface area contributed by atoms with Crippen LogP contribution >= 0.6 is 22.6 Å². The lowest BCUT2D eigenvalue weighted by atomic mass is 10.6. The maximum absolute atomic E-state index is 10.4. The third-order valence-corrected chi connectivity index (χ3v) is 1.33. The van der Waals surface area contributed by atoms with Crippen LogP contribution in [0.5, 0.6) is 0 Å². The van der Waals surface area contributed by atoms with E-state index < -0.39 is 0 Å². The van der Waals surface area contributed by atoms with E-state index in [1.165, 1.54) is 6.26 Å². The molecule has 0 aliphatic carbocycles. The topological polar surface area (TPSA) is 35.5 Å². The van der Waals surface area contributed by atoms with Gasteiger partial charge < -0.3 is 9.47 Å². The first-order chi connectivity index (χ1) is 3.80. The second-order valence-corrected chi connectivity index (χ2v) is 2.34. The normalized spacial score (nSPS) is 18.6. The van der Waals surface area contributed by atoms with Crippen LogP contribution in [0.2, 0.25) is 0 Å². The van der Waals surface area contributed by atoms with Gasteiger partial charge in [-0.15, -0.1) is 0 Å². The summed E-state index contributed by atoms with van der Waals surface area (Å²) in [6.45, 7) is 0.0470. The van der Waals surface area contributed by atoms with Gasteiger partial charge in [0.2, 0.25) is 6.79 Å². The van der Waals surface area contributed by atoms with Gasteiger partial charge in [-0.25, -0.2) is 4.79 Å². The molecule has 1 aliphatic heterocycles. The minimum Gasteiger partial charge on any atom is -0.464 e. The van der Waals surface area contributed by atoms with Crippen molar-refractivity contribution < 1.29 is 14.3 Å². The molecule has 0 fully saturated rings. The Morgan fingerprint density at radius 1 is 1.75 bits per heavy atom. The summed E-state index contributed by atoms with van der Waals surface area (Å²) in [4.78, 5) is 10.4. The van der Waals surface area contributed by atoms with Gasteiger partial charge in [-0.1, -0.05) is 0 Å². The predicted octanol–water partition coefficient (Wildman–Crippen LogP) is 0.794. The van der Waals surface area contributed by atoms with Crippen LogP contribution in [0.1, 0.15) is 0 Å². The van der Waals surface area contributed by atoms with Crippen LogP contribution in [0.3, 0.4) is 0 Å². The van der Waals surface area contributed by atoms with Gasteiger partial charge in [-0.2, -0.15) is 0 Å². The molecule has 0 aromatic carbocycles. The standard InChI is InChI=1S/C4H3IO3/c5-3-1-7-2-8-4(3)6/h1H,2H2. The molecule has 0 amide bonds. The third kappa shape index (κ3) is 1.12. The van der Waals surface area contributed by atoms with Crippen LogP contribution < -0.4 is 0 Å². The summed E-state index contributed by atoms with van der Waals surface area (Å²) < 4.78 is 9.57.